The molecule has 1 aromatic carbocycles. The van der Waals surface area contributed by atoms with Crippen molar-refractivity contribution in [1.29, 1.82) is 0 Å². The van der Waals surface area contributed by atoms with Crippen LogP contribution in [0, 0.1) is 0 Å². The van der Waals surface area contributed by atoms with E-state index in [0.29, 0.717) is 0 Å². The van der Waals surface area contributed by atoms with Crippen molar-refractivity contribution in [3.05, 3.63) is 47.2 Å². The first-order valence-electron chi connectivity index (χ1n) is 4.98. The molecule has 0 fully saturated rings. The number of thioether (sulfide) groups is 1. The zero-order chi connectivity index (χ0) is 11.4. The van der Waals surface area contributed by atoms with E-state index in [2.05, 4.69) is 22.6 Å². The lowest BCUT2D eigenvalue weighted by atomic mass is 10.3. The van der Waals surface area contributed by atoms with E-state index < -0.39 is 0 Å². The molecule has 0 saturated carbocycles. The molecule has 2 rings (SSSR count). The maximum absolute atomic E-state index is 5.98. The second-order valence-electron chi connectivity index (χ2n) is 3.42. The van der Waals surface area contributed by atoms with Crippen LogP contribution in [-0.4, -0.2) is 11.2 Å². The van der Waals surface area contributed by atoms with Crippen LogP contribution in [0.3, 0.4) is 0 Å². The van der Waals surface area contributed by atoms with Gasteiger partial charge in [0.1, 0.15) is 0 Å². The summed E-state index contributed by atoms with van der Waals surface area (Å²) >= 11 is 7.69. The molecule has 1 aromatic heterocycles. The van der Waals surface area contributed by atoms with Crippen LogP contribution in [0.1, 0.15) is 5.56 Å². The summed E-state index contributed by atoms with van der Waals surface area (Å²) in [5.74, 6) is 0. The summed E-state index contributed by atoms with van der Waals surface area (Å²) in [6.45, 7) is 0.803. The largest absolute Gasteiger partial charge is 0.380 e. The number of nitrogens with one attached hydrogen (secondary N) is 2. The van der Waals surface area contributed by atoms with E-state index in [0.717, 1.165) is 17.3 Å². The number of aromatic nitrogens is 1. The molecule has 2 nitrogen and oxygen atoms in total. The zero-order valence-corrected chi connectivity index (χ0v) is 10.5. The lowest BCUT2D eigenvalue weighted by Crippen LogP contribution is -1.99. The van der Waals surface area contributed by atoms with Crippen molar-refractivity contribution in [1.82, 2.24) is 4.98 Å². The maximum Gasteiger partial charge on any atom is 0.0495 e. The molecule has 0 aliphatic heterocycles. The van der Waals surface area contributed by atoms with Gasteiger partial charge in [0, 0.05) is 34.5 Å². The number of rotatable bonds is 4. The molecule has 0 saturated heterocycles. The minimum Gasteiger partial charge on any atom is -0.380 e. The Morgan fingerprint density at radius 3 is 2.94 bits per heavy atom. The van der Waals surface area contributed by atoms with E-state index >= 15 is 0 Å². The second kappa shape index (κ2) is 5.32. The van der Waals surface area contributed by atoms with Crippen molar-refractivity contribution in [3.8, 4) is 0 Å². The Kier molecular flexibility index (Phi) is 3.80. The van der Waals surface area contributed by atoms with Gasteiger partial charge in [-0.2, -0.15) is 0 Å². The number of halogens is 1. The molecule has 0 bridgehead atoms. The van der Waals surface area contributed by atoms with Gasteiger partial charge in [0.2, 0.25) is 0 Å². The van der Waals surface area contributed by atoms with Crippen LogP contribution in [0.4, 0.5) is 5.69 Å². The fraction of sp³-hybridized carbons (Fsp3) is 0.167. The molecule has 0 amide bonds. The van der Waals surface area contributed by atoms with Gasteiger partial charge in [-0.15, -0.1) is 11.8 Å². The quantitative estimate of drug-likeness (QED) is 0.805. The van der Waals surface area contributed by atoms with Gasteiger partial charge < -0.3 is 10.3 Å². The predicted octanol–water partition coefficient (Wildman–Crippen LogP) is 4.00. The van der Waals surface area contributed by atoms with Crippen molar-refractivity contribution in [2.75, 3.05) is 11.6 Å². The highest BCUT2D eigenvalue weighted by Gasteiger charge is 2.02. The average Bonchev–Trinajstić information content (AvgIpc) is 2.79. The summed E-state index contributed by atoms with van der Waals surface area (Å²) < 4.78 is 0. The average molecular weight is 253 g/mol. The van der Waals surface area contributed by atoms with E-state index in [1.165, 1.54) is 10.5 Å². The van der Waals surface area contributed by atoms with Crippen LogP contribution in [0.2, 0.25) is 5.02 Å². The molecule has 4 heteroatoms. The van der Waals surface area contributed by atoms with Crippen LogP contribution in [0.25, 0.3) is 0 Å². The molecule has 2 aromatic rings. The van der Waals surface area contributed by atoms with Crippen LogP contribution < -0.4 is 5.32 Å². The van der Waals surface area contributed by atoms with Crippen molar-refractivity contribution < 1.29 is 0 Å². The van der Waals surface area contributed by atoms with Crippen LogP contribution in [0.15, 0.2) is 41.6 Å². The molecule has 0 radical (unpaired) electrons. The predicted molar refractivity (Wildman–Crippen MR) is 71.4 cm³/mol. The van der Waals surface area contributed by atoms with Crippen molar-refractivity contribution in [2.24, 2.45) is 0 Å². The van der Waals surface area contributed by atoms with Crippen molar-refractivity contribution in [3.63, 3.8) is 0 Å². The Bertz CT molecular complexity index is 454. The van der Waals surface area contributed by atoms with E-state index in [9.17, 15) is 0 Å². The normalized spacial score (nSPS) is 10.4. The highest BCUT2D eigenvalue weighted by atomic mass is 35.5. The fourth-order valence-electron chi connectivity index (χ4n) is 1.48. The van der Waals surface area contributed by atoms with Crippen molar-refractivity contribution >= 4 is 29.1 Å². The molecule has 0 aliphatic carbocycles. The maximum atomic E-state index is 5.98. The Balaban J connectivity index is 2.11. The first kappa shape index (κ1) is 11.4. The smallest absolute Gasteiger partial charge is 0.0495 e. The van der Waals surface area contributed by atoms with Crippen LogP contribution >= 0.6 is 23.4 Å². The lowest BCUT2D eigenvalue weighted by Gasteiger charge is -2.10. The third-order valence-electron chi connectivity index (χ3n) is 2.31. The monoisotopic (exact) mass is 252 g/mol. The molecule has 0 atom stereocenters. The zero-order valence-electron chi connectivity index (χ0n) is 8.96. The summed E-state index contributed by atoms with van der Waals surface area (Å²) in [5.41, 5.74) is 2.31. The Hall–Kier alpha value is -1.06. The van der Waals surface area contributed by atoms with Gasteiger partial charge in [-0.1, -0.05) is 11.6 Å². The molecule has 2 N–H and O–H groups in total. The van der Waals surface area contributed by atoms with Gasteiger partial charge >= 0.3 is 0 Å². The highest BCUT2D eigenvalue weighted by molar-refractivity contribution is 7.98. The van der Waals surface area contributed by atoms with E-state index in [1.54, 1.807) is 11.8 Å². The molecule has 0 spiro atoms. The van der Waals surface area contributed by atoms with Gasteiger partial charge in [-0.05, 0) is 36.1 Å². The fourth-order valence-corrected chi connectivity index (χ4v) is 2.21. The summed E-state index contributed by atoms with van der Waals surface area (Å²) in [6.07, 6.45) is 5.96. The lowest BCUT2D eigenvalue weighted by molar-refractivity contribution is 1.13. The Labute approximate surface area is 104 Å². The van der Waals surface area contributed by atoms with E-state index in [4.69, 9.17) is 11.6 Å². The second-order valence-corrected chi connectivity index (χ2v) is 4.70. The minimum absolute atomic E-state index is 0.759. The molecular weight excluding hydrogens is 240 g/mol. The van der Waals surface area contributed by atoms with Crippen molar-refractivity contribution in [2.45, 2.75) is 11.4 Å². The number of anilines is 1. The van der Waals surface area contributed by atoms with Gasteiger partial charge in [-0.25, -0.2) is 0 Å². The summed E-state index contributed by atoms with van der Waals surface area (Å²) in [6, 6.07) is 7.96. The van der Waals surface area contributed by atoms with Crippen LogP contribution in [0.5, 0.6) is 0 Å². The third-order valence-corrected chi connectivity index (χ3v) is 3.34. The Morgan fingerprint density at radius 1 is 1.38 bits per heavy atom. The summed E-state index contributed by atoms with van der Waals surface area (Å²) in [7, 11) is 0. The number of hydrogen-bond acceptors (Lipinski definition) is 2. The molecular formula is C12H13ClN2S. The first-order valence-corrected chi connectivity index (χ1v) is 6.59. The molecule has 0 unspecified atom stereocenters. The van der Waals surface area contributed by atoms with Crippen LogP contribution in [-0.2, 0) is 6.54 Å². The van der Waals surface area contributed by atoms with Gasteiger partial charge in [-0.3, -0.25) is 0 Å². The van der Waals surface area contributed by atoms with Gasteiger partial charge in [0.15, 0.2) is 0 Å². The molecule has 1 heterocycles. The highest BCUT2D eigenvalue weighted by Crippen LogP contribution is 2.28. The summed E-state index contributed by atoms with van der Waals surface area (Å²) in [4.78, 5) is 4.24. The molecule has 16 heavy (non-hydrogen) atoms. The first-order chi connectivity index (χ1) is 7.79. The number of aromatic amines is 1. The topological polar surface area (TPSA) is 27.8 Å². The SMILES string of the molecule is CSc1ccc(Cl)cc1NCc1cc[nH]c1. The van der Waals surface area contributed by atoms with Gasteiger partial charge in [0.25, 0.3) is 0 Å². The number of H-pyrrole nitrogens is 1. The molecule has 84 valence electrons. The third kappa shape index (κ3) is 2.74. The Morgan fingerprint density at radius 2 is 2.25 bits per heavy atom. The van der Waals surface area contributed by atoms with E-state index in [1.807, 2.05) is 30.6 Å². The molecule has 0 aliphatic rings. The number of hydrogen-bond donors (Lipinski definition) is 2. The standard InChI is InChI=1S/C12H13ClN2S/c1-16-12-3-2-10(13)6-11(12)15-8-9-4-5-14-7-9/h2-7,14-15H,8H2,1H3. The van der Waals surface area contributed by atoms with Gasteiger partial charge in [0.05, 0.1) is 0 Å². The minimum atomic E-state index is 0.759. The number of benzene rings is 1. The van der Waals surface area contributed by atoms with E-state index in [-0.39, 0.29) is 0 Å². The summed E-state index contributed by atoms with van der Waals surface area (Å²) in [5, 5.41) is 4.14.